The number of ether oxygens (including phenoxy) is 1. The quantitative estimate of drug-likeness (QED) is 0.684. The maximum atomic E-state index is 13.9. The van der Waals surface area contributed by atoms with E-state index in [0.717, 1.165) is 25.7 Å². The van der Waals surface area contributed by atoms with Crippen molar-refractivity contribution in [3.63, 3.8) is 0 Å². The Morgan fingerprint density at radius 1 is 1.30 bits per heavy atom. The molecule has 158 valence electrons. The van der Waals surface area contributed by atoms with E-state index in [0.29, 0.717) is 22.1 Å². The lowest BCUT2D eigenvalue weighted by molar-refractivity contribution is 0.0791. The van der Waals surface area contributed by atoms with Crippen LogP contribution in [0.2, 0.25) is 0 Å². The molecular weight excluding hydrogens is 409 g/mol. The van der Waals surface area contributed by atoms with Gasteiger partial charge in [0.1, 0.15) is 17.4 Å². The van der Waals surface area contributed by atoms with Gasteiger partial charge in [0.05, 0.1) is 35.5 Å². The summed E-state index contributed by atoms with van der Waals surface area (Å²) in [6, 6.07) is 4.11. The number of nitrogens with one attached hydrogen (secondary N) is 2. The van der Waals surface area contributed by atoms with Gasteiger partial charge in [0.2, 0.25) is 0 Å². The van der Waals surface area contributed by atoms with E-state index in [1.165, 1.54) is 29.3 Å². The van der Waals surface area contributed by atoms with Crippen molar-refractivity contribution in [2.24, 2.45) is 10.7 Å². The number of nitrogens with zero attached hydrogens (tertiary/aromatic N) is 2. The van der Waals surface area contributed by atoms with E-state index in [1.807, 2.05) is 0 Å². The summed E-state index contributed by atoms with van der Waals surface area (Å²) in [6.07, 6.45) is 6.21. The van der Waals surface area contributed by atoms with Gasteiger partial charge in [-0.15, -0.1) is 0 Å². The van der Waals surface area contributed by atoms with Gasteiger partial charge in [-0.1, -0.05) is 11.6 Å². The number of likely N-dealkylation sites (tertiary alicyclic amines) is 1. The number of halogens is 2. The summed E-state index contributed by atoms with van der Waals surface area (Å²) in [6.45, 7) is 0.360. The van der Waals surface area contributed by atoms with Gasteiger partial charge in [-0.2, -0.15) is 0 Å². The molecule has 0 radical (unpaired) electrons. The van der Waals surface area contributed by atoms with Crippen LogP contribution in [0.3, 0.4) is 0 Å². The second-order valence-electron chi connectivity index (χ2n) is 7.69. The molecule has 3 aliphatic rings. The number of rotatable bonds is 3. The van der Waals surface area contributed by atoms with Gasteiger partial charge in [-0.3, -0.25) is 4.79 Å². The van der Waals surface area contributed by atoms with Crippen LogP contribution in [0.4, 0.5) is 4.39 Å². The van der Waals surface area contributed by atoms with Crippen molar-refractivity contribution in [3.05, 3.63) is 52.2 Å². The van der Waals surface area contributed by atoms with Crippen LogP contribution in [-0.4, -0.2) is 48.0 Å². The molecule has 0 atom stereocenters. The fourth-order valence-corrected chi connectivity index (χ4v) is 3.92. The molecule has 2 heterocycles. The van der Waals surface area contributed by atoms with Gasteiger partial charge in [-0.05, 0) is 37.8 Å². The number of nitrogens with two attached hydrogens (primary N) is 1. The number of amides is 1. The first-order chi connectivity index (χ1) is 14.4. The highest BCUT2D eigenvalue weighted by Crippen LogP contribution is 2.29. The van der Waals surface area contributed by atoms with E-state index in [4.69, 9.17) is 27.5 Å². The maximum Gasteiger partial charge on any atom is 0.258 e. The predicted octanol–water partition coefficient (Wildman–Crippen LogP) is 2.92. The molecule has 0 spiro atoms. The molecule has 1 amide bonds. The molecule has 2 fully saturated rings. The Balaban J connectivity index is 1.53. The number of hydrogen-bond donors (Lipinski definition) is 3. The number of benzene rings is 1. The fourth-order valence-electron chi connectivity index (χ4n) is 3.82. The van der Waals surface area contributed by atoms with Gasteiger partial charge in [-0.25, -0.2) is 9.38 Å². The highest BCUT2D eigenvalue weighted by Gasteiger charge is 2.32. The minimum atomic E-state index is -0.463. The normalized spacial score (nSPS) is 26.4. The molecule has 30 heavy (non-hydrogen) atoms. The Hall–Kier alpha value is -2.71. The van der Waals surface area contributed by atoms with E-state index < -0.39 is 5.82 Å². The van der Waals surface area contributed by atoms with Crippen molar-refractivity contribution >= 4 is 29.4 Å². The number of allylic oxidation sites excluding steroid dienone is 1. The molecule has 2 aliphatic heterocycles. The molecule has 1 saturated carbocycles. The standard InChI is InChI=1S/C21H23ClFN5O2/c22-12-8-26-20(27-9-12)17-10-28(11-18(17)25)21(29)16-6-1-13(23)7-19(16)30-15-4-2-14(24)3-5-15/h1,6-9,14-15,25-26H,2-5,10-11,24H2/b20-17+,25-18?/t14-,15+. The molecule has 0 aromatic heterocycles. The second kappa shape index (κ2) is 8.57. The first kappa shape index (κ1) is 20.6. The van der Waals surface area contributed by atoms with Crippen molar-refractivity contribution in [2.45, 2.75) is 37.8 Å². The first-order valence-corrected chi connectivity index (χ1v) is 10.3. The van der Waals surface area contributed by atoms with Crippen LogP contribution in [0, 0.1) is 11.2 Å². The molecule has 1 aromatic carbocycles. The smallest absolute Gasteiger partial charge is 0.258 e. The maximum absolute atomic E-state index is 13.9. The Bertz CT molecular complexity index is 966. The van der Waals surface area contributed by atoms with Crippen molar-refractivity contribution in [2.75, 3.05) is 13.1 Å². The van der Waals surface area contributed by atoms with Gasteiger partial charge < -0.3 is 26.1 Å². The van der Waals surface area contributed by atoms with Crippen LogP contribution in [-0.2, 0) is 0 Å². The third-order valence-electron chi connectivity index (χ3n) is 5.49. The third-order valence-corrected chi connectivity index (χ3v) is 5.69. The zero-order valence-corrected chi connectivity index (χ0v) is 17.1. The van der Waals surface area contributed by atoms with Crippen LogP contribution in [0.15, 0.2) is 45.8 Å². The summed E-state index contributed by atoms with van der Waals surface area (Å²) in [4.78, 5) is 18.9. The molecule has 1 aromatic rings. The fraction of sp³-hybridized carbons (Fsp3) is 0.381. The largest absolute Gasteiger partial charge is 0.489 e. The second-order valence-corrected chi connectivity index (χ2v) is 8.13. The molecule has 4 rings (SSSR count). The predicted molar refractivity (Wildman–Crippen MR) is 113 cm³/mol. The zero-order chi connectivity index (χ0) is 21.3. The lowest BCUT2D eigenvalue weighted by Crippen LogP contribution is -2.33. The molecule has 4 N–H and O–H groups in total. The van der Waals surface area contributed by atoms with Crippen molar-refractivity contribution in [1.29, 1.82) is 5.41 Å². The Morgan fingerprint density at radius 2 is 2.07 bits per heavy atom. The van der Waals surface area contributed by atoms with Crippen LogP contribution in [0.5, 0.6) is 5.75 Å². The monoisotopic (exact) mass is 431 g/mol. The van der Waals surface area contributed by atoms with Crippen LogP contribution >= 0.6 is 11.6 Å². The van der Waals surface area contributed by atoms with Crippen molar-refractivity contribution in [3.8, 4) is 5.75 Å². The lowest BCUT2D eigenvalue weighted by Gasteiger charge is -2.28. The minimum Gasteiger partial charge on any atom is -0.489 e. The van der Waals surface area contributed by atoms with Gasteiger partial charge in [0.25, 0.3) is 5.91 Å². The topological polar surface area (TPSA) is 104 Å². The van der Waals surface area contributed by atoms with E-state index in [-0.39, 0.29) is 42.5 Å². The highest BCUT2D eigenvalue weighted by atomic mass is 35.5. The summed E-state index contributed by atoms with van der Waals surface area (Å²) in [7, 11) is 0. The molecule has 9 heteroatoms. The van der Waals surface area contributed by atoms with E-state index in [2.05, 4.69) is 10.3 Å². The highest BCUT2D eigenvalue weighted by molar-refractivity contribution is 6.39. The average molecular weight is 432 g/mol. The molecule has 7 nitrogen and oxygen atoms in total. The minimum absolute atomic E-state index is 0.0926. The number of aliphatic imine (C=N–C) groups is 1. The Morgan fingerprint density at radius 3 is 2.77 bits per heavy atom. The number of carbonyl (C=O) groups is 1. The summed E-state index contributed by atoms with van der Waals surface area (Å²) < 4.78 is 19.9. The summed E-state index contributed by atoms with van der Waals surface area (Å²) >= 11 is 5.86. The van der Waals surface area contributed by atoms with E-state index in [1.54, 1.807) is 6.20 Å². The molecule has 1 saturated heterocycles. The van der Waals surface area contributed by atoms with E-state index >= 15 is 0 Å². The molecule has 0 unspecified atom stereocenters. The van der Waals surface area contributed by atoms with Crippen LogP contribution in [0.1, 0.15) is 36.0 Å². The number of hydrogen-bond acceptors (Lipinski definition) is 6. The SMILES string of the molecule is N=C1CN(C(=O)c2ccc(F)cc2O[C@H]2CC[C@@H](N)CC2)C/C1=C1\N=CC(Cl)=CN1. The Labute approximate surface area is 178 Å². The number of carbonyl (C=O) groups excluding carboxylic acids is 1. The van der Waals surface area contributed by atoms with Crippen molar-refractivity contribution < 1.29 is 13.9 Å². The van der Waals surface area contributed by atoms with Gasteiger partial charge in [0, 0.05) is 30.1 Å². The third kappa shape index (κ3) is 4.39. The molecular formula is C21H23ClFN5O2. The van der Waals surface area contributed by atoms with Crippen LogP contribution < -0.4 is 15.8 Å². The van der Waals surface area contributed by atoms with E-state index in [9.17, 15) is 9.18 Å². The van der Waals surface area contributed by atoms with Gasteiger partial charge >= 0.3 is 0 Å². The lowest BCUT2D eigenvalue weighted by atomic mass is 9.93. The average Bonchev–Trinajstić information content (AvgIpc) is 3.12. The molecule has 0 bridgehead atoms. The summed E-state index contributed by atoms with van der Waals surface area (Å²) in [5, 5.41) is 11.7. The molecule has 1 aliphatic carbocycles. The first-order valence-electron chi connectivity index (χ1n) is 9.89. The summed E-state index contributed by atoms with van der Waals surface area (Å²) in [5.41, 5.74) is 7.14. The van der Waals surface area contributed by atoms with Gasteiger partial charge in [0.15, 0.2) is 0 Å². The summed E-state index contributed by atoms with van der Waals surface area (Å²) in [5.74, 6) is -0.0490. The zero-order valence-electron chi connectivity index (χ0n) is 16.3. The Kier molecular flexibility index (Phi) is 5.87. The van der Waals surface area contributed by atoms with Crippen LogP contribution in [0.25, 0.3) is 0 Å². The van der Waals surface area contributed by atoms with Crippen molar-refractivity contribution in [1.82, 2.24) is 10.2 Å².